The highest BCUT2D eigenvalue weighted by molar-refractivity contribution is 5.74. The minimum Gasteiger partial charge on any atom is -0.473 e. The van der Waals surface area contributed by atoms with E-state index in [4.69, 9.17) is 14.2 Å². The molecule has 0 bridgehead atoms. The third-order valence-electron chi connectivity index (χ3n) is 7.29. The fourth-order valence-corrected chi connectivity index (χ4v) is 5.09. The van der Waals surface area contributed by atoms with Gasteiger partial charge in [0.05, 0.1) is 18.7 Å². The van der Waals surface area contributed by atoms with Crippen LogP contribution in [0.2, 0.25) is 0 Å². The lowest BCUT2D eigenvalue weighted by atomic mass is 9.86. The van der Waals surface area contributed by atoms with Crippen molar-refractivity contribution in [2.45, 2.75) is 26.6 Å². The summed E-state index contributed by atoms with van der Waals surface area (Å²) in [6.45, 7) is 3.86. The number of ether oxygens (including phenoxy) is 3. The first-order valence-electron chi connectivity index (χ1n) is 13.5. The fourth-order valence-electron chi connectivity index (χ4n) is 5.09. The van der Waals surface area contributed by atoms with Crippen LogP contribution in [-0.4, -0.2) is 31.2 Å². The molecule has 1 aliphatic heterocycles. The Balaban J connectivity index is 1.37. The van der Waals surface area contributed by atoms with Crippen molar-refractivity contribution in [3.05, 3.63) is 108 Å². The van der Waals surface area contributed by atoms with Gasteiger partial charge < -0.3 is 19.1 Å². The molecule has 1 saturated heterocycles. The number of halogens is 1. The van der Waals surface area contributed by atoms with Crippen LogP contribution in [0.5, 0.6) is 11.8 Å². The average Bonchev–Trinajstić information content (AvgIpc) is 2.99. The van der Waals surface area contributed by atoms with Crippen LogP contribution in [-0.2, 0) is 22.7 Å². The molecule has 2 atom stereocenters. The second-order valence-corrected chi connectivity index (χ2v) is 10.1. The SMILES string of the molecule is COC(=O)C1CCN(c2ccc(-c3ccc(OCc4ccccc4)nc3OCc3ccccc3)cc2F)CC1C. The normalized spacial score (nSPS) is 16.8. The number of anilines is 1. The molecular formula is C33H33FN2O4. The van der Waals surface area contributed by atoms with E-state index in [-0.39, 0.29) is 23.6 Å². The monoisotopic (exact) mass is 540 g/mol. The molecule has 0 radical (unpaired) electrons. The molecule has 40 heavy (non-hydrogen) atoms. The number of piperidine rings is 1. The molecule has 0 spiro atoms. The summed E-state index contributed by atoms with van der Waals surface area (Å²) in [4.78, 5) is 18.7. The van der Waals surface area contributed by atoms with Gasteiger partial charge >= 0.3 is 5.97 Å². The van der Waals surface area contributed by atoms with E-state index in [1.54, 1.807) is 12.1 Å². The Labute approximate surface area is 234 Å². The summed E-state index contributed by atoms with van der Waals surface area (Å²) >= 11 is 0. The van der Waals surface area contributed by atoms with Gasteiger partial charge in [0.15, 0.2) is 0 Å². The molecule has 6 nitrogen and oxygen atoms in total. The van der Waals surface area contributed by atoms with E-state index in [0.29, 0.717) is 61.3 Å². The summed E-state index contributed by atoms with van der Waals surface area (Å²) in [5.41, 5.74) is 3.87. The first-order chi connectivity index (χ1) is 19.5. The second kappa shape index (κ2) is 12.6. The number of benzene rings is 3. The van der Waals surface area contributed by atoms with Crippen LogP contribution in [0.1, 0.15) is 24.5 Å². The van der Waals surface area contributed by atoms with E-state index in [2.05, 4.69) is 4.98 Å². The van der Waals surface area contributed by atoms with Gasteiger partial charge in [-0.3, -0.25) is 4.79 Å². The third-order valence-corrected chi connectivity index (χ3v) is 7.29. The molecule has 4 aromatic rings. The van der Waals surface area contributed by atoms with Crippen LogP contribution in [0.25, 0.3) is 11.1 Å². The largest absolute Gasteiger partial charge is 0.473 e. The van der Waals surface area contributed by atoms with Crippen LogP contribution in [0.4, 0.5) is 10.1 Å². The highest BCUT2D eigenvalue weighted by Crippen LogP contribution is 2.35. The van der Waals surface area contributed by atoms with E-state index >= 15 is 4.39 Å². The van der Waals surface area contributed by atoms with Gasteiger partial charge in [0.1, 0.15) is 19.0 Å². The number of carbonyl (C=O) groups excluding carboxylic acids is 1. The molecular weight excluding hydrogens is 507 g/mol. The molecule has 1 aromatic heterocycles. The highest BCUT2D eigenvalue weighted by atomic mass is 19.1. The maximum Gasteiger partial charge on any atom is 0.309 e. The molecule has 7 heteroatoms. The molecule has 3 aromatic carbocycles. The average molecular weight is 541 g/mol. The Kier molecular flexibility index (Phi) is 8.59. The number of methoxy groups -OCH3 is 1. The van der Waals surface area contributed by atoms with E-state index in [1.165, 1.54) is 13.2 Å². The Bertz CT molecular complexity index is 1430. The number of esters is 1. The van der Waals surface area contributed by atoms with Gasteiger partial charge in [-0.25, -0.2) is 4.39 Å². The molecule has 206 valence electrons. The molecule has 2 unspecified atom stereocenters. The Morgan fingerprint density at radius 2 is 1.60 bits per heavy atom. The zero-order valence-corrected chi connectivity index (χ0v) is 22.8. The maximum absolute atomic E-state index is 15.5. The van der Waals surface area contributed by atoms with Crippen LogP contribution in [0.3, 0.4) is 0 Å². The zero-order valence-electron chi connectivity index (χ0n) is 22.8. The molecule has 5 rings (SSSR count). The Hall–Kier alpha value is -4.39. The van der Waals surface area contributed by atoms with Gasteiger partial charge in [-0.05, 0) is 47.2 Å². The van der Waals surface area contributed by atoms with Gasteiger partial charge in [-0.1, -0.05) is 73.7 Å². The molecule has 0 aliphatic carbocycles. The highest BCUT2D eigenvalue weighted by Gasteiger charge is 2.33. The summed E-state index contributed by atoms with van der Waals surface area (Å²) in [6, 6.07) is 28.5. The number of hydrogen-bond acceptors (Lipinski definition) is 6. The smallest absolute Gasteiger partial charge is 0.309 e. The summed E-state index contributed by atoms with van der Waals surface area (Å²) < 4.78 is 32.5. The number of rotatable bonds is 9. The number of nitrogens with zero attached hydrogens (tertiary/aromatic N) is 2. The van der Waals surface area contributed by atoms with Crippen molar-refractivity contribution in [1.82, 2.24) is 4.98 Å². The molecule has 1 fully saturated rings. The minimum absolute atomic E-state index is 0.0610. The number of aromatic nitrogens is 1. The Morgan fingerprint density at radius 1 is 0.925 bits per heavy atom. The topological polar surface area (TPSA) is 60.9 Å². The summed E-state index contributed by atoms with van der Waals surface area (Å²) in [5.74, 6) is 0.158. The van der Waals surface area contributed by atoms with Crippen molar-refractivity contribution in [2.24, 2.45) is 11.8 Å². The number of hydrogen-bond donors (Lipinski definition) is 0. The summed E-state index contributed by atoms with van der Waals surface area (Å²) in [7, 11) is 1.41. The van der Waals surface area contributed by atoms with Crippen molar-refractivity contribution < 1.29 is 23.4 Å². The van der Waals surface area contributed by atoms with Gasteiger partial charge in [0, 0.05) is 24.7 Å². The predicted octanol–water partition coefficient (Wildman–Crippen LogP) is 6.68. The van der Waals surface area contributed by atoms with Crippen molar-refractivity contribution in [2.75, 3.05) is 25.1 Å². The molecule has 2 heterocycles. The standard InChI is InChI=1S/C33H33FN2O4/c1-23-20-36(18-17-27(23)33(37)38-2)30-15-13-26(19-29(30)34)28-14-16-31(39-21-24-9-5-3-6-10-24)35-32(28)40-22-25-11-7-4-8-12-25/h3-16,19,23,27H,17-18,20-22H2,1-2H3. The predicted molar refractivity (Wildman–Crippen MR) is 153 cm³/mol. The minimum atomic E-state index is -0.334. The zero-order chi connectivity index (χ0) is 27.9. The lowest BCUT2D eigenvalue weighted by molar-refractivity contribution is -0.147. The van der Waals surface area contributed by atoms with Gasteiger partial charge in [-0.15, -0.1) is 0 Å². The lowest BCUT2D eigenvalue weighted by Gasteiger charge is -2.37. The van der Waals surface area contributed by atoms with E-state index < -0.39 is 0 Å². The molecule has 0 amide bonds. The first kappa shape index (κ1) is 27.2. The van der Waals surface area contributed by atoms with Crippen LogP contribution in [0, 0.1) is 17.7 Å². The molecule has 0 N–H and O–H groups in total. The van der Waals surface area contributed by atoms with E-state index in [1.807, 2.05) is 84.6 Å². The third kappa shape index (κ3) is 6.42. The van der Waals surface area contributed by atoms with E-state index in [0.717, 1.165) is 11.1 Å². The van der Waals surface area contributed by atoms with Gasteiger partial charge in [0.25, 0.3) is 0 Å². The van der Waals surface area contributed by atoms with Crippen molar-refractivity contribution in [3.63, 3.8) is 0 Å². The van der Waals surface area contributed by atoms with Gasteiger partial charge in [0.2, 0.25) is 11.8 Å². The van der Waals surface area contributed by atoms with Crippen LogP contribution in [0.15, 0.2) is 91.0 Å². The fraction of sp³-hybridized carbons (Fsp3) is 0.273. The number of pyridine rings is 1. The van der Waals surface area contributed by atoms with E-state index in [9.17, 15) is 4.79 Å². The van der Waals surface area contributed by atoms with Crippen molar-refractivity contribution in [3.8, 4) is 22.9 Å². The second-order valence-electron chi connectivity index (χ2n) is 10.1. The van der Waals surface area contributed by atoms with Crippen LogP contribution < -0.4 is 14.4 Å². The maximum atomic E-state index is 15.5. The lowest BCUT2D eigenvalue weighted by Crippen LogP contribution is -2.42. The number of carbonyl (C=O) groups is 1. The molecule has 0 saturated carbocycles. The van der Waals surface area contributed by atoms with Crippen molar-refractivity contribution in [1.29, 1.82) is 0 Å². The molecule has 1 aliphatic rings. The summed E-state index contributed by atoms with van der Waals surface area (Å²) in [6.07, 6.45) is 0.626. The quantitative estimate of drug-likeness (QED) is 0.221. The van der Waals surface area contributed by atoms with Crippen LogP contribution >= 0.6 is 0 Å². The Morgan fingerprint density at radius 3 is 2.23 bits per heavy atom. The first-order valence-corrected chi connectivity index (χ1v) is 13.5. The van der Waals surface area contributed by atoms with Gasteiger partial charge in [-0.2, -0.15) is 4.98 Å². The van der Waals surface area contributed by atoms with Crippen molar-refractivity contribution >= 4 is 11.7 Å². The summed E-state index contributed by atoms with van der Waals surface area (Å²) in [5, 5.41) is 0.